The topological polar surface area (TPSA) is 80.5 Å². The molecule has 1 heterocycles. The molecule has 0 aliphatic carbocycles. The summed E-state index contributed by atoms with van der Waals surface area (Å²) in [5, 5.41) is 0. The first-order valence-electron chi connectivity index (χ1n) is 8.36. The normalized spacial score (nSPS) is 21.8. The third-order valence-corrected chi connectivity index (χ3v) is 6.64. The van der Waals surface area contributed by atoms with Gasteiger partial charge in [0, 0.05) is 30.3 Å². The number of hydrogen-bond acceptors (Lipinski definition) is 4. The van der Waals surface area contributed by atoms with Gasteiger partial charge in [-0.2, -0.15) is 4.31 Å². The molecule has 2 unspecified atom stereocenters. The highest BCUT2D eigenvalue weighted by molar-refractivity contribution is 7.89. The van der Waals surface area contributed by atoms with Crippen LogP contribution in [0.2, 0.25) is 0 Å². The molecule has 0 amide bonds. The van der Waals surface area contributed by atoms with Crippen LogP contribution in [0.15, 0.2) is 59.5 Å². The van der Waals surface area contributed by atoms with E-state index in [0.717, 1.165) is 0 Å². The van der Waals surface area contributed by atoms with Gasteiger partial charge in [0.25, 0.3) is 0 Å². The highest BCUT2D eigenvalue weighted by Crippen LogP contribution is 2.26. The maximum Gasteiger partial charge on any atom is 0.243 e. The van der Waals surface area contributed by atoms with Crippen LogP contribution in [-0.2, 0) is 10.0 Å². The predicted octanol–water partition coefficient (Wildman–Crippen LogP) is 2.28. The van der Waals surface area contributed by atoms with Gasteiger partial charge in [-0.1, -0.05) is 49.4 Å². The van der Waals surface area contributed by atoms with Crippen LogP contribution in [0.5, 0.6) is 0 Å². The van der Waals surface area contributed by atoms with Crippen LogP contribution < -0.4 is 5.73 Å². The molecule has 2 aromatic carbocycles. The molecule has 5 nitrogen and oxygen atoms in total. The fourth-order valence-corrected chi connectivity index (χ4v) is 4.85. The predicted molar refractivity (Wildman–Crippen MR) is 96.8 cm³/mol. The SMILES string of the molecule is CC1CN(S(=O)(=O)c2ccccc2C(=O)c2ccccc2)CCC1N. The van der Waals surface area contributed by atoms with Crippen molar-refractivity contribution in [3.05, 3.63) is 65.7 Å². The molecule has 0 spiro atoms. The van der Waals surface area contributed by atoms with E-state index in [4.69, 9.17) is 5.73 Å². The van der Waals surface area contributed by atoms with Gasteiger partial charge in [-0.25, -0.2) is 8.42 Å². The third kappa shape index (κ3) is 3.51. The van der Waals surface area contributed by atoms with Crippen LogP contribution in [0.1, 0.15) is 29.3 Å². The molecule has 1 aliphatic rings. The van der Waals surface area contributed by atoms with Crippen LogP contribution in [0.3, 0.4) is 0 Å². The van der Waals surface area contributed by atoms with E-state index in [-0.39, 0.29) is 28.2 Å². The molecule has 0 radical (unpaired) electrons. The smallest absolute Gasteiger partial charge is 0.243 e. The quantitative estimate of drug-likeness (QED) is 0.850. The van der Waals surface area contributed by atoms with Crippen LogP contribution in [-0.4, -0.2) is 37.6 Å². The molecule has 2 N–H and O–H groups in total. The number of nitrogens with zero attached hydrogens (tertiary/aromatic N) is 1. The fraction of sp³-hybridized carbons (Fsp3) is 0.316. The van der Waals surface area contributed by atoms with Crippen LogP contribution in [0.25, 0.3) is 0 Å². The van der Waals surface area contributed by atoms with Crippen molar-refractivity contribution in [2.24, 2.45) is 11.7 Å². The zero-order chi connectivity index (χ0) is 18.0. The first kappa shape index (κ1) is 17.8. The molecule has 2 atom stereocenters. The summed E-state index contributed by atoms with van der Waals surface area (Å²) in [4.78, 5) is 12.9. The molecular weight excluding hydrogens is 336 g/mol. The lowest BCUT2D eigenvalue weighted by Crippen LogP contribution is -2.48. The van der Waals surface area contributed by atoms with Crippen molar-refractivity contribution in [2.75, 3.05) is 13.1 Å². The second kappa shape index (κ2) is 7.07. The Morgan fingerprint density at radius 1 is 1.08 bits per heavy atom. The van der Waals surface area contributed by atoms with Gasteiger partial charge in [0.15, 0.2) is 5.78 Å². The standard InChI is InChI=1S/C19H22N2O3S/c1-14-13-21(12-11-17(14)20)25(23,24)18-10-6-5-9-16(18)19(22)15-7-3-2-4-8-15/h2-10,14,17H,11-13,20H2,1H3. The van der Waals surface area contributed by atoms with E-state index >= 15 is 0 Å². The Kier molecular flexibility index (Phi) is 5.03. The van der Waals surface area contributed by atoms with E-state index in [1.807, 2.05) is 13.0 Å². The van der Waals surface area contributed by atoms with Gasteiger partial charge in [0.05, 0.1) is 4.90 Å². The van der Waals surface area contributed by atoms with Gasteiger partial charge >= 0.3 is 0 Å². The van der Waals surface area contributed by atoms with Crippen molar-refractivity contribution in [1.82, 2.24) is 4.31 Å². The maximum absolute atomic E-state index is 13.1. The maximum atomic E-state index is 13.1. The molecule has 3 rings (SSSR count). The van der Waals surface area contributed by atoms with Gasteiger partial charge in [0.1, 0.15) is 0 Å². The summed E-state index contributed by atoms with van der Waals surface area (Å²) in [6, 6.07) is 15.1. The Morgan fingerprint density at radius 3 is 2.40 bits per heavy atom. The molecule has 6 heteroatoms. The number of ketones is 1. The summed E-state index contributed by atoms with van der Waals surface area (Å²) in [5.41, 5.74) is 6.68. The fourth-order valence-electron chi connectivity index (χ4n) is 3.11. The lowest BCUT2D eigenvalue weighted by molar-refractivity contribution is 0.103. The molecule has 0 aromatic heterocycles. The van der Waals surface area contributed by atoms with E-state index in [2.05, 4.69) is 0 Å². The van der Waals surface area contributed by atoms with Crippen molar-refractivity contribution in [3.63, 3.8) is 0 Å². The first-order valence-corrected chi connectivity index (χ1v) is 9.80. The average molecular weight is 358 g/mol. The lowest BCUT2D eigenvalue weighted by Gasteiger charge is -2.34. The van der Waals surface area contributed by atoms with Gasteiger partial charge in [0.2, 0.25) is 10.0 Å². The molecule has 25 heavy (non-hydrogen) atoms. The van der Waals surface area contributed by atoms with E-state index in [1.54, 1.807) is 42.5 Å². The minimum absolute atomic E-state index is 0.00708. The summed E-state index contributed by atoms with van der Waals surface area (Å²) < 4.78 is 27.7. The Bertz CT molecular complexity index is 865. The van der Waals surface area contributed by atoms with Crippen molar-refractivity contribution in [1.29, 1.82) is 0 Å². The molecule has 1 fully saturated rings. The number of hydrogen-bond donors (Lipinski definition) is 1. The van der Waals surface area contributed by atoms with Crippen molar-refractivity contribution in [2.45, 2.75) is 24.3 Å². The van der Waals surface area contributed by atoms with Crippen molar-refractivity contribution < 1.29 is 13.2 Å². The molecule has 1 aliphatic heterocycles. The summed E-state index contributed by atoms with van der Waals surface area (Å²) in [5.74, 6) is -0.206. The summed E-state index contributed by atoms with van der Waals surface area (Å²) in [6.07, 6.45) is 0.620. The number of sulfonamides is 1. The zero-order valence-corrected chi connectivity index (χ0v) is 14.9. The van der Waals surface area contributed by atoms with Gasteiger partial charge < -0.3 is 5.73 Å². The van der Waals surface area contributed by atoms with Crippen LogP contribution >= 0.6 is 0 Å². The number of piperidine rings is 1. The largest absolute Gasteiger partial charge is 0.327 e. The Morgan fingerprint density at radius 2 is 1.72 bits per heavy atom. The van der Waals surface area contributed by atoms with Gasteiger partial charge in [-0.15, -0.1) is 0 Å². The van der Waals surface area contributed by atoms with Crippen molar-refractivity contribution >= 4 is 15.8 Å². The molecule has 2 aromatic rings. The second-order valence-corrected chi connectivity index (χ2v) is 8.39. The number of carbonyl (C=O) groups excluding carboxylic acids is 1. The molecule has 132 valence electrons. The van der Waals surface area contributed by atoms with Crippen LogP contribution in [0.4, 0.5) is 0 Å². The Hall–Kier alpha value is -2.02. The van der Waals surface area contributed by atoms with E-state index in [9.17, 15) is 13.2 Å². The van der Waals surface area contributed by atoms with Gasteiger partial charge in [-0.05, 0) is 24.5 Å². The zero-order valence-electron chi connectivity index (χ0n) is 14.1. The highest BCUT2D eigenvalue weighted by atomic mass is 32.2. The highest BCUT2D eigenvalue weighted by Gasteiger charge is 2.34. The molecular formula is C19H22N2O3S. The number of benzene rings is 2. The Balaban J connectivity index is 1.99. The second-order valence-electron chi connectivity index (χ2n) is 6.48. The lowest BCUT2D eigenvalue weighted by atomic mass is 9.96. The third-order valence-electron chi connectivity index (χ3n) is 4.72. The molecule has 0 bridgehead atoms. The number of nitrogens with two attached hydrogens (primary N) is 1. The van der Waals surface area contributed by atoms with Crippen LogP contribution in [0, 0.1) is 5.92 Å². The number of carbonyl (C=O) groups is 1. The van der Waals surface area contributed by atoms with Gasteiger partial charge in [-0.3, -0.25) is 4.79 Å². The number of rotatable bonds is 4. The average Bonchev–Trinajstić information content (AvgIpc) is 2.64. The first-order chi connectivity index (χ1) is 11.9. The van der Waals surface area contributed by atoms with E-state index in [1.165, 1.54) is 10.4 Å². The molecule has 1 saturated heterocycles. The van der Waals surface area contributed by atoms with E-state index < -0.39 is 10.0 Å². The minimum atomic E-state index is -3.75. The van der Waals surface area contributed by atoms with E-state index in [0.29, 0.717) is 25.1 Å². The minimum Gasteiger partial charge on any atom is -0.327 e. The van der Waals surface area contributed by atoms with Crippen molar-refractivity contribution in [3.8, 4) is 0 Å². The Labute approximate surface area is 148 Å². The molecule has 0 saturated carbocycles. The summed E-state index contributed by atoms with van der Waals surface area (Å²) in [7, 11) is -3.75. The monoisotopic (exact) mass is 358 g/mol. The summed E-state index contributed by atoms with van der Waals surface area (Å²) >= 11 is 0. The summed E-state index contributed by atoms with van der Waals surface area (Å²) in [6.45, 7) is 2.70.